The molecule has 0 saturated heterocycles. The summed E-state index contributed by atoms with van der Waals surface area (Å²) in [7, 11) is -4.08. The summed E-state index contributed by atoms with van der Waals surface area (Å²) in [5.74, 6) is -1.40. The number of benzene rings is 2. The van der Waals surface area contributed by atoms with E-state index in [1.165, 1.54) is 49.4 Å². The SMILES string of the molecule is C=CCN(CC(=O)Nc1ccc(OC(F)(F)F)cc1)S(=O)(=O)c1ccc(C(C)=O)cc1. The summed E-state index contributed by atoms with van der Waals surface area (Å²) < 4.78 is 66.9. The molecule has 0 aliphatic carbocycles. The number of amides is 1. The highest BCUT2D eigenvalue weighted by Crippen LogP contribution is 2.24. The number of halogens is 3. The van der Waals surface area contributed by atoms with E-state index in [1.54, 1.807) is 0 Å². The maximum Gasteiger partial charge on any atom is 0.573 e. The first-order chi connectivity index (χ1) is 14.4. The number of sulfonamides is 1. The second kappa shape index (κ2) is 9.75. The molecular weight excluding hydrogens is 437 g/mol. The molecule has 7 nitrogen and oxygen atoms in total. The van der Waals surface area contributed by atoms with Crippen LogP contribution < -0.4 is 10.1 Å². The first-order valence-electron chi connectivity index (χ1n) is 8.80. The molecule has 0 unspecified atom stereocenters. The number of hydrogen-bond donors (Lipinski definition) is 1. The van der Waals surface area contributed by atoms with E-state index >= 15 is 0 Å². The summed E-state index contributed by atoms with van der Waals surface area (Å²) in [6.07, 6.45) is -3.54. The molecule has 0 spiro atoms. The number of carbonyl (C=O) groups excluding carboxylic acids is 2. The quantitative estimate of drug-likeness (QED) is 0.460. The van der Waals surface area contributed by atoms with Gasteiger partial charge in [-0.2, -0.15) is 4.31 Å². The van der Waals surface area contributed by atoms with Gasteiger partial charge in [0, 0.05) is 17.8 Å². The van der Waals surface area contributed by atoms with Crippen LogP contribution in [-0.2, 0) is 14.8 Å². The molecule has 2 aromatic rings. The second-order valence-electron chi connectivity index (χ2n) is 6.29. The zero-order valence-corrected chi connectivity index (χ0v) is 17.2. The minimum absolute atomic E-state index is 0.110. The van der Waals surface area contributed by atoms with Crippen LogP contribution in [-0.4, -0.2) is 43.9 Å². The summed E-state index contributed by atoms with van der Waals surface area (Å²) in [5, 5.41) is 2.41. The van der Waals surface area contributed by atoms with Crippen LogP contribution in [0.4, 0.5) is 18.9 Å². The molecule has 0 fully saturated rings. The molecule has 1 amide bonds. The molecule has 166 valence electrons. The van der Waals surface area contributed by atoms with Crippen LogP contribution >= 0.6 is 0 Å². The molecule has 0 saturated carbocycles. The van der Waals surface area contributed by atoms with Crippen LogP contribution in [0.5, 0.6) is 5.75 Å². The fourth-order valence-electron chi connectivity index (χ4n) is 2.50. The molecule has 31 heavy (non-hydrogen) atoms. The number of ketones is 1. The summed E-state index contributed by atoms with van der Waals surface area (Å²) in [4.78, 5) is 23.6. The maximum absolute atomic E-state index is 12.9. The van der Waals surface area contributed by atoms with Crippen molar-refractivity contribution in [3.8, 4) is 5.75 Å². The third-order valence-electron chi connectivity index (χ3n) is 3.92. The van der Waals surface area contributed by atoms with E-state index in [9.17, 15) is 31.2 Å². The van der Waals surface area contributed by atoms with Gasteiger partial charge in [0.1, 0.15) is 5.75 Å². The molecule has 0 aromatic heterocycles. The van der Waals surface area contributed by atoms with E-state index in [1.807, 2.05) is 0 Å². The molecule has 1 N–H and O–H groups in total. The van der Waals surface area contributed by atoms with Gasteiger partial charge < -0.3 is 10.1 Å². The Hall–Kier alpha value is -3.18. The van der Waals surface area contributed by atoms with Gasteiger partial charge in [-0.1, -0.05) is 18.2 Å². The highest BCUT2D eigenvalue weighted by molar-refractivity contribution is 7.89. The van der Waals surface area contributed by atoms with E-state index in [0.29, 0.717) is 5.56 Å². The maximum atomic E-state index is 12.9. The van der Waals surface area contributed by atoms with Crippen molar-refractivity contribution in [3.63, 3.8) is 0 Å². The van der Waals surface area contributed by atoms with Gasteiger partial charge >= 0.3 is 6.36 Å². The van der Waals surface area contributed by atoms with Crippen molar-refractivity contribution in [2.45, 2.75) is 18.2 Å². The molecule has 2 rings (SSSR count). The summed E-state index contributed by atoms with van der Waals surface area (Å²) >= 11 is 0. The largest absolute Gasteiger partial charge is 0.573 e. The van der Waals surface area contributed by atoms with E-state index in [-0.39, 0.29) is 22.9 Å². The van der Waals surface area contributed by atoms with Crippen molar-refractivity contribution in [1.29, 1.82) is 0 Å². The predicted molar refractivity (Wildman–Crippen MR) is 107 cm³/mol. The third kappa shape index (κ3) is 6.93. The fraction of sp³-hybridized carbons (Fsp3) is 0.200. The number of rotatable bonds is 9. The molecule has 2 aromatic carbocycles. The van der Waals surface area contributed by atoms with Crippen LogP contribution in [0, 0.1) is 0 Å². The van der Waals surface area contributed by atoms with Gasteiger partial charge in [0.2, 0.25) is 15.9 Å². The number of ether oxygens (including phenoxy) is 1. The van der Waals surface area contributed by atoms with Crippen LogP contribution in [0.1, 0.15) is 17.3 Å². The Kier molecular flexibility index (Phi) is 7.58. The Balaban J connectivity index is 2.12. The van der Waals surface area contributed by atoms with Crippen molar-refractivity contribution < 1.29 is 35.9 Å². The first kappa shape index (κ1) is 24.1. The fourth-order valence-corrected chi connectivity index (χ4v) is 3.87. The van der Waals surface area contributed by atoms with Gasteiger partial charge in [0.15, 0.2) is 5.78 Å². The molecule has 0 bridgehead atoms. The lowest BCUT2D eigenvalue weighted by Crippen LogP contribution is -2.38. The number of nitrogens with one attached hydrogen (secondary N) is 1. The smallest absolute Gasteiger partial charge is 0.406 e. The highest BCUT2D eigenvalue weighted by Gasteiger charge is 2.31. The van der Waals surface area contributed by atoms with E-state index in [4.69, 9.17) is 0 Å². The Morgan fingerprint density at radius 1 is 1.10 bits per heavy atom. The zero-order valence-electron chi connectivity index (χ0n) is 16.3. The van der Waals surface area contributed by atoms with Gasteiger partial charge in [0.25, 0.3) is 0 Å². The summed E-state index contributed by atoms with van der Waals surface area (Å²) in [6.45, 7) is 4.10. The number of carbonyl (C=O) groups is 2. The molecule has 0 radical (unpaired) electrons. The highest BCUT2D eigenvalue weighted by atomic mass is 32.2. The molecule has 0 atom stereocenters. The average Bonchev–Trinajstić information content (AvgIpc) is 2.68. The minimum atomic E-state index is -4.84. The van der Waals surface area contributed by atoms with Crippen LogP contribution in [0.2, 0.25) is 0 Å². The topological polar surface area (TPSA) is 92.8 Å². The Labute approximate surface area is 177 Å². The zero-order chi connectivity index (χ0) is 23.2. The van der Waals surface area contributed by atoms with E-state index < -0.39 is 34.6 Å². The van der Waals surface area contributed by atoms with Crippen LogP contribution in [0.25, 0.3) is 0 Å². The number of nitrogens with zero attached hydrogens (tertiary/aromatic N) is 1. The molecule has 0 aliphatic rings. The van der Waals surface area contributed by atoms with Crippen LogP contribution in [0.15, 0.2) is 66.1 Å². The number of anilines is 1. The van der Waals surface area contributed by atoms with Gasteiger partial charge in [-0.05, 0) is 43.3 Å². The van der Waals surface area contributed by atoms with Crippen molar-refractivity contribution in [3.05, 3.63) is 66.7 Å². The van der Waals surface area contributed by atoms with Gasteiger partial charge in [0.05, 0.1) is 11.4 Å². The van der Waals surface area contributed by atoms with Crippen molar-refractivity contribution in [1.82, 2.24) is 4.31 Å². The third-order valence-corrected chi connectivity index (χ3v) is 5.75. The second-order valence-corrected chi connectivity index (χ2v) is 8.23. The number of hydrogen-bond acceptors (Lipinski definition) is 5. The molecule has 0 heterocycles. The number of alkyl halides is 3. The van der Waals surface area contributed by atoms with E-state index in [2.05, 4.69) is 16.6 Å². The molecule has 0 aliphatic heterocycles. The summed E-state index contributed by atoms with van der Waals surface area (Å²) in [6, 6.07) is 9.66. The van der Waals surface area contributed by atoms with Crippen molar-refractivity contribution >= 4 is 27.4 Å². The lowest BCUT2D eigenvalue weighted by Gasteiger charge is -2.20. The van der Waals surface area contributed by atoms with Crippen molar-refractivity contribution in [2.75, 3.05) is 18.4 Å². The number of Topliss-reactive ketones (excluding diaryl/α,β-unsaturated/α-hetero) is 1. The van der Waals surface area contributed by atoms with E-state index in [0.717, 1.165) is 16.4 Å². The van der Waals surface area contributed by atoms with Gasteiger partial charge in [-0.3, -0.25) is 9.59 Å². The standard InChI is InChI=1S/C20H19F3N2O5S/c1-3-12-25(31(28,29)18-10-4-15(5-11-18)14(2)26)13-19(27)24-16-6-8-17(9-7-16)30-20(21,22)23/h3-11H,1,12-13H2,2H3,(H,24,27). The molecule has 11 heteroatoms. The monoisotopic (exact) mass is 456 g/mol. The van der Waals surface area contributed by atoms with Gasteiger partial charge in [-0.15, -0.1) is 19.8 Å². The predicted octanol–water partition coefficient (Wildman–Crippen LogP) is 3.60. The molecular formula is C20H19F3N2O5S. The Bertz CT molecular complexity index is 1050. The van der Waals surface area contributed by atoms with Crippen molar-refractivity contribution in [2.24, 2.45) is 0 Å². The lowest BCUT2D eigenvalue weighted by atomic mass is 10.2. The Morgan fingerprint density at radius 3 is 2.16 bits per heavy atom. The lowest BCUT2D eigenvalue weighted by molar-refractivity contribution is -0.274. The average molecular weight is 456 g/mol. The summed E-state index contributed by atoms with van der Waals surface area (Å²) in [5.41, 5.74) is 0.492. The van der Waals surface area contributed by atoms with Gasteiger partial charge in [-0.25, -0.2) is 8.42 Å². The normalized spacial score (nSPS) is 11.8. The first-order valence-corrected chi connectivity index (χ1v) is 10.2. The Morgan fingerprint density at radius 2 is 1.68 bits per heavy atom. The van der Waals surface area contributed by atoms with Crippen LogP contribution in [0.3, 0.4) is 0 Å². The minimum Gasteiger partial charge on any atom is -0.406 e.